The van der Waals surface area contributed by atoms with E-state index < -0.39 is 11.1 Å². The molecular formula is C20H24N6O4S. The molecule has 3 aromatic rings. The summed E-state index contributed by atoms with van der Waals surface area (Å²) in [6, 6.07) is 6.85. The number of aromatic nitrogens is 4. The largest absolute Gasteiger partial charge is 0.491 e. The van der Waals surface area contributed by atoms with Crippen molar-refractivity contribution in [1.82, 2.24) is 19.7 Å². The first-order valence-corrected chi connectivity index (χ1v) is 10.8. The minimum atomic E-state index is -2.05. The molecule has 10 nitrogen and oxygen atoms in total. The molecule has 1 unspecified atom stereocenters. The molecule has 0 aliphatic heterocycles. The molecule has 164 valence electrons. The summed E-state index contributed by atoms with van der Waals surface area (Å²) in [7, 11) is 1.81. The van der Waals surface area contributed by atoms with Crippen LogP contribution in [0.25, 0.3) is 11.3 Å². The van der Waals surface area contributed by atoms with Gasteiger partial charge in [-0.15, -0.1) is 0 Å². The fraction of sp³-hybridized carbons (Fsp3) is 0.300. The lowest BCUT2D eigenvalue weighted by atomic mass is 10.1. The van der Waals surface area contributed by atoms with Crippen molar-refractivity contribution >= 4 is 34.3 Å². The fourth-order valence-electron chi connectivity index (χ4n) is 2.87. The molecule has 0 bridgehead atoms. The Balaban J connectivity index is 2.04. The van der Waals surface area contributed by atoms with Gasteiger partial charge in [0.05, 0.1) is 28.9 Å². The van der Waals surface area contributed by atoms with E-state index >= 15 is 0 Å². The second-order valence-electron chi connectivity index (χ2n) is 7.11. The van der Waals surface area contributed by atoms with Crippen molar-refractivity contribution in [3.63, 3.8) is 0 Å². The molecule has 0 saturated carbocycles. The Morgan fingerprint density at radius 2 is 2.06 bits per heavy atom. The van der Waals surface area contributed by atoms with Crippen molar-refractivity contribution in [3.05, 3.63) is 42.4 Å². The van der Waals surface area contributed by atoms with Crippen LogP contribution in [-0.4, -0.2) is 40.5 Å². The maximum absolute atomic E-state index is 11.5. The lowest BCUT2D eigenvalue weighted by Gasteiger charge is -2.15. The zero-order valence-electron chi connectivity index (χ0n) is 17.6. The van der Waals surface area contributed by atoms with Crippen LogP contribution in [-0.2, 0) is 28.7 Å². The van der Waals surface area contributed by atoms with Crippen LogP contribution in [0.2, 0.25) is 0 Å². The molecule has 1 amide bonds. The van der Waals surface area contributed by atoms with Crippen molar-refractivity contribution in [2.24, 2.45) is 7.05 Å². The lowest BCUT2D eigenvalue weighted by molar-refractivity contribution is -0.114. The number of rotatable bonds is 8. The van der Waals surface area contributed by atoms with Crippen molar-refractivity contribution in [1.29, 1.82) is 0 Å². The minimum absolute atomic E-state index is 0.0842. The summed E-state index contributed by atoms with van der Waals surface area (Å²) in [4.78, 5) is 20.2. The number of amides is 1. The van der Waals surface area contributed by atoms with E-state index in [4.69, 9.17) is 4.74 Å². The molecule has 0 fully saturated rings. The molecule has 0 aliphatic carbocycles. The summed E-state index contributed by atoms with van der Waals surface area (Å²) in [5.41, 5.74) is 2.37. The van der Waals surface area contributed by atoms with Crippen LogP contribution < -0.4 is 15.4 Å². The van der Waals surface area contributed by atoms with Crippen LogP contribution in [0.15, 0.2) is 36.7 Å². The van der Waals surface area contributed by atoms with E-state index in [1.807, 2.05) is 33.2 Å². The van der Waals surface area contributed by atoms with Crippen LogP contribution in [0, 0.1) is 0 Å². The van der Waals surface area contributed by atoms with Gasteiger partial charge in [0.25, 0.3) is 0 Å². The first-order chi connectivity index (χ1) is 14.7. The number of nitrogens with one attached hydrogen (secondary N) is 2. The van der Waals surface area contributed by atoms with Gasteiger partial charge in [-0.2, -0.15) is 5.10 Å². The van der Waals surface area contributed by atoms with Gasteiger partial charge in [0.15, 0.2) is 11.1 Å². The standard InChI is InChI=1S/C20H24N6O4S/c1-12(2)30-15-7-14(11-31(28)29)23-20(8-15)24-18-9-19(22-13(3)27)21-10-16(18)17-5-6-26(4)25-17/h5-10,12H,11H2,1-4H3,(H,28,29)(H2,21,22,23,24,27). The summed E-state index contributed by atoms with van der Waals surface area (Å²) >= 11 is -2.05. The molecule has 0 radical (unpaired) electrons. The quantitative estimate of drug-likeness (QED) is 0.452. The maximum Gasteiger partial charge on any atom is 0.222 e. The van der Waals surface area contributed by atoms with Gasteiger partial charge < -0.3 is 19.9 Å². The van der Waals surface area contributed by atoms with Crippen LogP contribution in [0.5, 0.6) is 5.75 Å². The number of carbonyl (C=O) groups is 1. The third kappa shape index (κ3) is 6.33. The van der Waals surface area contributed by atoms with Gasteiger partial charge in [0.1, 0.15) is 17.4 Å². The molecule has 0 spiro atoms. The van der Waals surface area contributed by atoms with Gasteiger partial charge in [0, 0.05) is 50.1 Å². The molecule has 3 heterocycles. The number of aryl methyl sites for hydroxylation is 1. The predicted molar refractivity (Wildman–Crippen MR) is 119 cm³/mol. The molecule has 3 rings (SSSR count). The molecule has 3 N–H and O–H groups in total. The number of hydrogen-bond donors (Lipinski definition) is 3. The average molecular weight is 445 g/mol. The number of carbonyl (C=O) groups excluding carboxylic acids is 1. The predicted octanol–water partition coefficient (Wildman–Crippen LogP) is 3.09. The van der Waals surface area contributed by atoms with Gasteiger partial charge >= 0.3 is 0 Å². The third-order valence-corrected chi connectivity index (χ3v) is 4.50. The molecule has 3 aromatic heterocycles. The van der Waals surface area contributed by atoms with E-state index in [1.54, 1.807) is 29.1 Å². The number of nitrogens with zero attached hydrogens (tertiary/aromatic N) is 4. The Labute approximate surface area is 182 Å². The highest BCUT2D eigenvalue weighted by molar-refractivity contribution is 7.78. The van der Waals surface area contributed by atoms with Crippen molar-refractivity contribution in [2.45, 2.75) is 32.6 Å². The Bertz CT molecular complexity index is 1110. The fourth-order valence-corrected chi connectivity index (χ4v) is 3.27. The van der Waals surface area contributed by atoms with E-state index in [9.17, 15) is 13.6 Å². The summed E-state index contributed by atoms with van der Waals surface area (Å²) in [6.45, 7) is 5.18. The second kappa shape index (κ2) is 9.67. The van der Waals surface area contributed by atoms with E-state index in [2.05, 4.69) is 25.7 Å². The van der Waals surface area contributed by atoms with Crippen LogP contribution in [0.3, 0.4) is 0 Å². The summed E-state index contributed by atoms with van der Waals surface area (Å²) in [5.74, 6) is 0.910. The summed E-state index contributed by atoms with van der Waals surface area (Å²) < 4.78 is 28.0. The maximum atomic E-state index is 11.5. The van der Waals surface area contributed by atoms with E-state index in [1.165, 1.54) is 6.92 Å². The van der Waals surface area contributed by atoms with Crippen LogP contribution in [0.1, 0.15) is 26.5 Å². The second-order valence-corrected chi connectivity index (χ2v) is 8.04. The molecule has 0 saturated heterocycles. The lowest BCUT2D eigenvalue weighted by Crippen LogP contribution is -2.09. The van der Waals surface area contributed by atoms with Crippen LogP contribution >= 0.6 is 0 Å². The Kier molecular flexibility index (Phi) is 6.98. The minimum Gasteiger partial charge on any atom is -0.491 e. The molecule has 11 heteroatoms. The zero-order chi connectivity index (χ0) is 22.5. The SMILES string of the molecule is CC(=O)Nc1cc(Nc2cc(OC(C)C)cc(CS(=O)O)n2)c(-c2ccn(C)n2)cn1. The van der Waals surface area contributed by atoms with Crippen molar-refractivity contribution < 1.29 is 18.3 Å². The Morgan fingerprint density at radius 3 is 2.68 bits per heavy atom. The first-order valence-electron chi connectivity index (χ1n) is 9.49. The van der Waals surface area contributed by atoms with E-state index in [-0.39, 0.29) is 17.8 Å². The van der Waals surface area contributed by atoms with Gasteiger partial charge in [0.2, 0.25) is 5.91 Å². The van der Waals surface area contributed by atoms with Gasteiger partial charge in [-0.05, 0) is 19.9 Å². The summed E-state index contributed by atoms with van der Waals surface area (Å²) in [6.07, 6.45) is 3.33. The van der Waals surface area contributed by atoms with Crippen molar-refractivity contribution in [3.8, 4) is 17.0 Å². The van der Waals surface area contributed by atoms with Gasteiger partial charge in [-0.25, -0.2) is 14.2 Å². The Morgan fingerprint density at radius 1 is 1.29 bits per heavy atom. The molecular weight excluding hydrogens is 420 g/mol. The van der Waals surface area contributed by atoms with Crippen molar-refractivity contribution in [2.75, 3.05) is 10.6 Å². The highest BCUT2D eigenvalue weighted by atomic mass is 32.2. The van der Waals surface area contributed by atoms with E-state index in [0.717, 1.165) is 0 Å². The van der Waals surface area contributed by atoms with Gasteiger partial charge in [-0.1, -0.05) is 0 Å². The highest BCUT2D eigenvalue weighted by Gasteiger charge is 2.14. The number of ether oxygens (including phenoxy) is 1. The molecule has 1 atom stereocenters. The Hall–Kier alpha value is -3.31. The summed E-state index contributed by atoms with van der Waals surface area (Å²) in [5, 5.41) is 10.3. The number of pyridine rings is 2. The normalized spacial score (nSPS) is 11.9. The third-order valence-electron chi connectivity index (χ3n) is 3.96. The van der Waals surface area contributed by atoms with Crippen LogP contribution in [0.4, 0.5) is 17.3 Å². The number of anilines is 3. The topological polar surface area (TPSA) is 131 Å². The monoisotopic (exact) mass is 444 g/mol. The molecule has 0 aliphatic rings. The molecule has 0 aromatic carbocycles. The highest BCUT2D eigenvalue weighted by Crippen LogP contribution is 2.31. The smallest absolute Gasteiger partial charge is 0.222 e. The van der Waals surface area contributed by atoms with E-state index in [0.29, 0.717) is 40.0 Å². The van der Waals surface area contributed by atoms with Gasteiger partial charge in [-0.3, -0.25) is 9.48 Å². The average Bonchev–Trinajstić information content (AvgIpc) is 3.06. The number of hydrogen-bond acceptors (Lipinski definition) is 7. The molecule has 31 heavy (non-hydrogen) atoms. The first kappa shape index (κ1) is 22.4. The zero-order valence-corrected chi connectivity index (χ0v) is 18.4.